The number of anilines is 1. The van der Waals surface area contributed by atoms with Crippen LogP contribution in [0.15, 0.2) is 10.6 Å². The van der Waals surface area contributed by atoms with Gasteiger partial charge in [-0.1, -0.05) is 19.0 Å². The second-order valence-electron chi connectivity index (χ2n) is 5.93. The molecule has 0 spiro atoms. The first-order valence-corrected chi connectivity index (χ1v) is 7.20. The lowest BCUT2D eigenvalue weighted by molar-refractivity contribution is -0.117. The zero-order valence-corrected chi connectivity index (χ0v) is 12.4. The van der Waals surface area contributed by atoms with Crippen LogP contribution in [0.5, 0.6) is 0 Å². The van der Waals surface area contributed by atoms with Crippen LogP contribution >= 0.6 is 0 Å². The quantitative estimate of drug-likeness (QED) is 0.851. The Labute approximate surface area is 119 Å². The lowest BCUT2D eigenvalue weighted by Crippen LogP contribution is -2.35. The van der Waals surface area contributed by atoms with Crippen LogP contribution < -0.4 is 11.1 Å². The van der Waals surface area contributed by atoms with E-state index < -0.39 is 0 Å². The number of nitrogens with one attached hydrogen (secondary N) is 1. The predicted molar refractivity (Wildman–Crippen MR) is 77.4 cm³/mol. The lowest BCUT2D eigenvalue weighted by Gasteiger charge is -2.19. The van der Waals surface area contributed by atoms with Gasteiger partial charge in [0.1, 0.15) is 0 Å². The van der Waals surface area contributed by atoms with E-state index in [4.69, 9.17) is 10.3 Å². The Morgan fingerprint density at radius 2 is 2.40 bits per heavy atom. The molecule has 2 rings (SSSR count). The summed E-state index contributed by atoms with van der Waals surface area (Å²) in [4.78, 5) is 14.2. The molecule has 3 N–H and O–H groups in total. The van der Waals surface area contributed by atoms with Crippen molar-refractivity contribution in [2.45, 2.75) is 39.2 Å². The van der Waals surface area contributed by atoms with Crippen LogP contribution in [0.25, 0.3) is 0 Å². The van der Waals surface area contributed by atoms with Crippen LogP contribution in [0.4, 0.5) is 5.88 Å². The first kappa shape index (κ1) is 15.0. The predicted octanol–water partition coefficient (Wildman–Crippen LogP) is 1.41. The molecule has 1 amide bonds. The van der Waals surface area contributed by atoms with Crippen LogP contribution in [-0.4, -0.2) is 41.6 Å². The monoisotopic (exact) mass is 280 g/mol. The van der Waals surface area contributed by atoms with Gasteiger partial charge in [0.15, 0.2) is 0 Å². The smallest absolute Gasteiger partial charge is 0.240 e. The van der Waals surface area contributed by atoms with Crippen LogP contribution in [-0.2, 0) is 4.79 Å². The van der Waals surface area contributed by atoms with Crippen molar-refractivity contribution >= 4 is 11.8 Å². The summed E-state index contributed by atoms with van der Waals surface area (Å²) in [5.41, 5.74) is 6.54. The van der Waals surface area contributed by atoms with E-state index in [1.807, 2.05) is 13.8 Å². The summed E-state index contributed by atoms with van der Waals surface area (Å²) in [5, 5.41) is 6.68. The van der Waals surface area contributed by atoms with E-state index in [9.17, 15) is 4.79 Å². The van der Waals surface area contributed by atoms with Crippen LogP contribution in [0, 0.1) is 5.92 Å². The molecule has 0 aromatic carbocycles. The first-order chi connectivity index (χ1) is 9.49. The van der Waals surface area contributed by atoms with Crippen molar-refractivity contribution < 1.29 is 9.32 Å². The number of nitrogens with two attached hydrogens (primary N) is 1. The molecule has 2 atom stereocenters. The third-order valence-electron chi connectivity index (χ3n) is 3.85. The molecule has 2 heterocycles. The normalized spacial score (nSPS) is 23.4. The Morgan fingerprint density at radius 1 is 1.65 bits per heavy atom. The molecule has 0 radical (unpaired) electrons. The van der Waals surface area contributed by atoms with Crippen molar-refractivity contribution in [3.63, 3.8) is 0 Å². The Morgan fingerprint density at radius 3 is 2.95 bits per heavy atom. The van der Waals surface area contributed by atoms with Crippen molar-refractivity contribution in [3.05, 3.63) is 11.8 Å². The Hall–Kier alpha value is -1.40. The van der Waals surface area contributed by atoms with Gasteiger partial charge in [0.2, 0.25) is 11.8 Å². The van der Waals surface area contributed by atoms with Crippen LogP contribution in [0.2, 0.25) is 0 Å². The number of hydrogen-bond acceptors (Lipinski definition) is 5. The van der Waals surface area contributed by atoms with Gasteiger partial charge < -0.3 is 10.3 Å². The SMILES string of the molecule is CC(C)c1cc(NC(=O)CN2CC(CN)CC2C)on1. The number of carbonyl (C=O) groups excluding carboxylic acids is 1. The van der Waals surface area contributed by atoms with Gasteiger partial charge in [-0.05, 0) is 31.7 Å². The van der Waals surface area contributed by atoms with E-state index in [0.717, 1.165) is 18.7 Å². The highest BCUT2D eigenvalue weighted by atomic mass is 16.5. The fourth-order valence-corrected chi connectivity index (χ4v) is 2.59. The highest BCUT2D eigenvalue weighted by molar-refractivity contribution is 5.91. The van der Waals surface area contributed by atoms with Gasteiger partial charge >= 0.3 is 0 Å². The van der Waals surface area contributed by atoms with Crippen molar-refractivity contribution in [1.29, 1.82) is 0 Å². The fraction of sp³-hybridized carbons (Fsp3) is 0.714. The summed E-state index contributed by atoms with van der Waals surface area (Å²) >= 11 is 0. The fourth-order valence-electron chi connectivity index (χ4n) is 2.59. The molecule has 1 saturated heterocycles. The maximum absolute atomic E-state index is 12.0. The summed E-state index contributed by atoms with van der Waals surface area (Å²) in [5.74, 6) is 1.13. The first-order valence-electron chi connectivity index (χ1n) is 7.20. The third kappa shape index (κ3) is 3.58. The van der Waals surface area contributed by atoms with E-state index in [-0.39, 0.29) is 11.8 Å². The average molecular weight is 280 g/mol. The molecule has 20 heavy (non-hydrogen) atoms. The highest BCUT2D eigenvalue weighted by Gasteiger charge is 2.29. The molecule has 6 heteroatoms. The minimum absolute atomic E-state index is 0.0685. The Kier molecular flexibility index (Phi) is 4.77. The maximum Gasteiger partial charge on any atom is 0.240 e. The minimum Gasteiger partial charge on any atom is -0.338 e. The molecule has 6 nitrogen and oxygen atoms in total. The second-order valence-corrected chi connectivity index (χ2v) is 5.93. The molecule has 112 valence electrons. The average Bonchev–Trinajstić information content (AvgIpc) is 2.97. The molecular formula is C14H24N4O2. The summed E-state index contributed by atoms with van der Waals surface area (Å²) in [6.45, 7) is 8.13. The number of aromatic nitrogens is 1. The summed E-state index contributed by atoms with van der Waals surface area (Å²) in [6, 6.07) is 2.17. The minimum atomic E-state index is -0.0685. The van der Waals surface area contributed by atoms with Crippen LogP contribution in [0.3, 0.4) is 0 Å². The van der Waals surface area contributed by atoms with Gasteiger partial charge in [-0.3, -0.25) is 15.0 Å². The maximum atomic E-state index is 12.0. The molecular weight excluding hydrogens is 256 g/mol. The van der Waals surface area contributed by atoms with Crippen molar-refractivity contribution in [2.75, 3.05) is 25.0 Å². The zero-order valence-electron chi connectivity index (χ0n) is 12.4. The zero-order chi connectivity index (χ0) is 14.7. The Bertz CT molecular complexity index is 458. The molecule has 1 aliphatic heterocycles. The van der Waals surface area contributed by atoms with E-state index in [1.54, 1.807) is 6.07 Å². The van der Waals surface area contributed by atoms with Gasteiger partial charge in [-0.25, -0.2) is 0 Å². The molecule has 1 aliphatic rings. The molecule has 1 aromatic rings. The van der Waals surface area contributed by atoms with Gasteiger partial charge in [0.05, 0.1) is 12.2 Å². The topological polar surface area (TPSA) is 84.4 Å². The van der Waals surface area contributed by atoms with E-state index in [0.29, 0.717) is 30.9 Å². The van der Waals surface area contributed by atoms with Gasteiger partial charge in [-0.2, -0.15) is 0 Å². The number of likely N-dealkylation sites (tertiary alicyclic amines) is 1. The van der Waals surface area contributed by atoms with E-state index >= 15 is 0 Å². The van der Waals surface area contributed by atoms with Crippen LogP contribution in [0.1, 0.15) is 38.8 Å². The molecule has 0 bridgehead atoms. The number of nitrogens with zero attached hydrogens (tertiary/aromatic N) is 2. The van der Waals surface area contributed by atoms with Gasteiger partial charge in [0.25, 0.3) is 0 Å². The largest absolute Gasteiger partial charge is 0.338 e. The Balaban J connectivity index is 1.86. The van der Waals surface area contributed by atoms with Crippen molar-refractivity contribution in [2.24, 2.45) is 11.7 Å². The molecule has 0 saturated carbocycles. The number of carbonyl (C=O) groups is 1. The van der Waals surface area contributed by atoms with Crippen molar-refractivity contribution in [1.82, 2.24) is 10.1 Å². The third-order valence-corrected chi connectivity index (χ3v) is 3.85. The number of amides is 1. The molecule has 1 aromatic heterocycles. The summed E-state index contributed by atoms with van der Waals surface area (Å²) in [7, 11) is 0. The van der Waals surface area contributed by atoms with E-state index in [1.165, 1.54) is 0 Å². The molecule has 2 unspecified atom stereocenters. The highest BCUT2D eigenvalue weighted by Crippen LogP contribution is 2.22. The number of hydrogen-bond donors (Lipinski definition) is 2. The lowest BCUT2D eigenvalue weighted by atomic mass is 10.1. The second kappa shape index (κ2) is 6.37. The summed E-state index contributed by atoms with van der Waals surface area (Å²) < 4.78 is 5.11. The molecule has 1 fully saturated rings. The van der Waals surface area contributed by atoms with E-state index in [2.05, 4.69) is 22.3 Å². The van der Waals surface area contributed by atoms with Gasteiger partial charge in [0, 0.05) is 18.7 Å². The molecule has 0 aliphatic carbocycles. The number of rotatable bonds is 5. The van der Waals surface area contributed by atoms with Crippen molar-refractivity contribution in [3.8, 4) is 0 Å². The van der Waals surface area contributed by atoms with Gasteiger partial charge in [-0.15, -0.1) is 0 Å². The summed E-state index contributed by atoms with van der Waals surface area (Å²) in [6.07, 6.45) is 1.06. The standard InChI is InChI=1S/C14H24N4O2/c1-9(2)12-5-14(20-17-12)16-13(19)8-18-7-11(6-15)4-10(18)3/h5,9-11H,4,6-8,15H2,1-3H3,(H,16,19).